The molecule has 0 spiro atoms. The van der Waals surface area contributed by atoms with Gasteiger partial charge in [-0.05, 0) is 62.2 Å². The van der Waals surface area contributed by atoms with Crippen LogP contribution in [0.2, 0.25) is 0 Å². The SMILES string of the molecule is COC(=O)C1=C(C)N[C@@H]2S/C(=C\c3ccc4c(c3)OCO4)C(=O)N2[C@@H]1c1ccc(OC(C)C)c(OC)c1. The van der Waals surface area contributed by atoms with Crippen LogP contribution in [-0.2, 0) is 14.3 Å². The van der Waals surface area contributed by atoms with Gasteiger partial charge in [0.2, 0.25) is 6.79 Å². The minimum Gasteiger partial charge on any atom is -0.493 e. The highest BCUT2D eigenvalue weighted by atomic mass is 32.2. The second kappa shape index (κ2) is 9.93. The Morgan fingerprint density at radius 1 is 1.14 bits per heavy atom. The average Bonchev–Trinajstić information content (AvgIpc) is 3.46. The van der Waals surface area contributed by atoms with Crippen molar-refractivity contribution in [3.8, 4) is 23.0 Å². The molecule has 0 aliphatic carbocycles. The Morgan fingerprint density at radius 3 is 2.65 bits per heavy atom. The van der Waals surface area contributed by atoms with Gasteiger partial charge in [0.1, 0.15) is 0 Å². The van der Waals surface area contributed by atoms with Crippen molar-refractivity contribution in [1.29, 1.82) is 0 Å². The van der Waals surface area contributed by atoms with E-state index in [0.717, 1.165) is 5.56 Å². The van der Waals surface area contributed by atoms with Crippen LogP contribution in [0.5, 0.6) is 23.0 Å². The largest absolute Gasteiger partial charge is 0.493 e. The second-order valence-electron chi connectivity index (χ2n) is 8.96. The molecule has 0 bridgehead atoms. The summed E-state index contributed by atoms with van der Waals surface area (Å²) >= 11 is 1.39. The normalized spacial score (nSPS) is 21.3. The smallest absolute Gasteiger partial charge is 0.337 e. The van der Waals surface area contributed by atoms with Crippen LogP contribution >= 0.6 is 11.8 Å². The highest BCUT2D eigenvalue weighted by Gasteiger charge is 2.48. The maximum Gasteiger partial charge on any atom is 0.337 e. The number of hydrogen-bond acceptors (Lipinski definition) is 9. The lowest BCUT2D eigenvalue weighted by Gasteiger charge is -2.39. The molecule has 0 saturated carbocycles. The molecule has 1 fully saturated rings. The number of amides is 1. The predicted octanol–water partition coefficient (Wildman–Crippen LogP) is 4.20. The fourth-order valence-electron chi connectivity index (χ4n) is 4.58. The summed E-state index contributed by atoms with van der Waals surface area (Å²) in [7, 11) is 2.89. The van der Waals surface area contributed by atoms with Crippen molar-refractivity contribution in [1.82, 2.24) is 10.2 Å². The number of methoxy groups -OCH3 is 2. The fraction of sp³-hybridized carbons (Fsp3) is 0.333. The first-order valence-electron chi connectivity index (χ1n) is 11.8. The first-order chi connectivity index (χ1) is 17.8. The standard InChI is InChI=1S/C27H28N2O7S/c1-14(2)36-19-9-7-17(12-20(19)32-4)24-23(26(31)33-5)15(3)28-27-29(24)25(30)22(37-27)11-16-6-8-18-21(10-16)35-13-34-18/h6-12,14,24,27-28H,13H2,1-5H3/b22-11-/t24-,27+/m1/s1. The summed E-state index contributed by atoms with van der Waals surface area (Å²) in [6.45, 7) is 5.85. The first kappa shape index (κ1) is 24.9. The van der Waals surface area contributed by atoms with Crippen LogP contribution in [0.4, 0.5) is 0 Å². The average molecular weight is 525 g/mol. The summed E-state index contributed by atoms with van der Waals surface area (Å²) in [5.41, 5.74) is 2.10. The zero-order valence-corrected chi connectivity index (χ0v) is 22.0. The van der Waals surface area contributed by atoms with E-state index in [1.807, 2.05) is 51.1 Å². The minimum atomic E-state index is -0.691. The Bertz CT molecular complexity index is 1320. The number of allylic oxidation sites excluding steroid dienone is 1. The minimum absolute atomic E-state index is 0.0452. The Labute approximate surface area is 219 Å². The first-order valence-corrected chi connectivity index (χ1v) is 12.7. The third-order valence-electron chi connectivity index (χ3n) is 6.20. The highest BCUT2D eigenvalue weighted by molar-refractivity contribution is 8.05. The maximum atomic E-state index is 13.8. The van der Waals surface area contributed by atoms with Gasteiger partial charge in [-0.2, -0.15) is 0 Å². The van der Waals surface area contributed by atoms with Crippen LogP contribution in [0.1, 0.15) is 37.9 Å². The highest BCUT2D eigenvalue weighted by Crippen LogP contribution is 2.48. The van der Waals surface area contributed by atoms with E-state index in [9.17, 15) is 9.59 Å². The van der Waals surface area contributed by atoms with Gasteiger partial charge in [-0.3, -0.25) is 9.69 Å². The number of ether oxygens (including phenoxy) is 5. The summed E-state index contributed by atoms with van der Waals surface area (Å²) in [5.74, 6) is 1.69. The molecule has 1 saturated heterocycles. The molecule has 5 rings (SSSR count). The molecule has 2 aromatic carbocycles. The number of esters is 1. The molecule has 3 aliphatic rings. The maximum absolute atomic E-state index is 13.8. The van der Waals surface area contributed by atoms with Crippen molar-refractivity contribution >= 4 is 29.7 Å². The van der Waals surface area contributed by atoms with Gasteiger partial charge in [0.05, 0.1) is 36.8 Å². The number of carbonyl (C=O) groups excluding carboxylic acids is 2. The molecule has 0 aromatic heterocycles. The van der Waals surface area contributed by atoms with Gasteiger partial charge >= 0.3 is 5.97 Å². The van der Waals surface area contributed by atoms with Gasteiger partial charge in [-0.15, -0.1) is 0 Å². The van der Waals surface area contributed by atoms with Gasteiger partial charge in [-0.1, -0.05) is 23.9 Å². The zero-order valence-electron chi connectivity index (χ0n) is 21.2. The Kier molecular flexibility index (Phi) is 6.68. The molecule has 194 valence electrons. The summed E-state index contributed by atoms with van der Waals surface area (Å²) in [6, 6.07) is 10.3. The number of nitrogens with one attached hydrogen (secondary N) is 1. The second-order valence-corrected chi connectivity index (χ2v) is 10.1. The molecular formula is C27H28N2O7S. The molecule has 2 atom stereocenters. The molecule has 2 aromatic rings. The molecule has 1 amide bonds. The topological polar surface area (TPSA) is 95.6 Å². The van der Waals surface area contributed by atoms with Gasteiger partial charge in [0.25, 0.3) is 5.91 Å². The van der Waals surface area contributed by atoms with E-state index in [1.165, 1.54) is 18.9 Å². The summed E-state index contributed by atoms with van der Waals surface area (Å²) in [5, 5.41) is 3.30. The van der Waals surface area contributed by atoms with E-state index in [1.54, 1.807) is 24.1 Å². The van der Waals surface area contributed by atoms with Crippen molar-refractivity contribution in [2.75, 3.05) is 21.0 Å². The van der Waals surface area contributed by atoms with E-state index in [4.69, 9.17) is 23.7 Å². The van der Waals surface area contributed by atoms with Crippen molar-refractivity contribution < 1.29 is 33.3 Å². The van der Waals surface area contributed by atoms with Crippen LogP contribution in [0.3, 0.4) is 0 Å². The number of benzene rings is 2. The lowest BCUT2D eigenvalue weighted by Crippen LogP contribution is -2.49. The van der Waals surface area contributed by atoms with Gasteiger partial charge < -0.3 is 29.0 Å². The monoisotopic (exact) mass is 524 g/mol. The van der Waals surface area contributed by atoms with Crippen LogP contribution in [0.25, 0.3) is 6.08 Å². The van der Waals surface area contributed by atoms with Gasteiger partial charge in [0, 0.05) is 5.70 Å². The summed E-state index contributed by atoms with van der Waals surface area (Å²) in [6.07, 6.45) is 1.77. The van der Waals surface area contributed by atoms with Crippen LogP contribution in [0, 0.1) is 0 Å². The Balaban J connectivity index is 1.55. The predicted molar refractivity (Wildman–Crippen MR) is 138 cm³/mol. The van der Waals surface area contributed by atoms with E-state index in [2.05, 4.69) is 5.32 Å². The Morgan fingerprint density at radius 2 is 1.92 bits per heavy atom. The third kappa shape index (κ3) is 4.57. The van der Waals surface area contributed by atoms with Crippen molar-refractivity contribution in [2.45, 2.75) is 38.4 Å². The van der Waals surface area contributed by atoms with E-state index in [0.29, 0.717) is 44.7 Å². The molecule has 0 unspecified atom stereocenters. The van der Waals surface area contributed by atoms with E-state index in [-0.39, 0.29) is 18.8 Å². The number of carbonyl (C=O) groups is 2. The van der Waals surface area contributed by atoms with Crippen LogP contribution in [-0.4, -0.2) is 49.4 Å². The molecular weight excluding hydrogens is 496 g/mol. The third-order valence-corrected chi connectivity index (χ3v) is 7.31. The number of thioether (sulfide) groups is 1. The van der Waals surface area contributed by atoms with E-state index < -0.39 is 17.5 Å². The van der Waals surface area contributed by atoms with Crippen molar-refractivity contribution in [2.24, 2.45) is 0 Å². The van der Waals surface area contributed by atoms with E-state index >= 15 is 0 Å². The quantitative estimate of drug-likeness (QED) is 0.441. The number of hydrogen-bond donors (Lipinski definition) is 1. The molecule has 37 heavy (non-hydrogen) atoms. The Hall–Kier alpha value is -3.79. The number of rotatable bonds is 6. The lowest BCUT2D eigenvalue weighted by atomic mass is 9.93. The zero-order chi connectivity index (χ0) is 26.3. The molecule has 1 N–H and O–H groups in total. The van der Waals surface area contributed by atoms with Crippen LogP contribution in [0.15, 0.2) is 52.6 Å². The number of nitrogens with zero attached hydrogens (tertiary/aromatic N) is 1. The van der Waals surface area contributed by atoms with Crippen LogP contribution < -0.4 is 24.3 Å². The van der Waals surface area contributed by atoms with Gasteiger partial charge in [-0.25, -0.2) is 4.79 Å². The fourth-order valence-corrected chi connectivity index (χ4v) is 5.80. The lowest BCUT2D eigenvalue weighted by molar-refractivity contribution is -0.138. The molecule has 3 aliphatic heterocycles. The molecule has 0 radical (unpaired) electrons. The molecule has 9 nitrogen and oxygen atoms in total. The van der Waals surface area contributed by atoms with Crippen molar-refractivity contribution in [3.05, 3.63) is 63.7 Å². The number of fused-ring (bicyclic) bond motifs is 2. The summed E-state index contributed by atoms with van der Waals surface area (Å²) in [4.78, 5) is 28.9. The van der Waals surface area contributed by atoms with Gasteiger partial charge in [0.15, 0.2) is 28.5 Å². The van der Waals surface area contributed by atoms with Crippen molar-refractivity contribution in [3.63, 3.8) is 0 Å². The molecule has 3 heterocycles. The molecule has 10 heteroatoms. The summed E-state index contributed by atoms with van der Waals surface area (Å²) < 4.78 is 27.4.